The average Bonchev–Trinajstić information content (AvgIpc) is 2.89. The van der Waals surface area contributed by atoms with Crippen LogP contribution in [0.3, 0.4) is 0 Å². The maximum Gasteiger partial charge on any atom is 3.00 e. The van der Waals surface area contributed by atoms with E-state index in [2.05, 4.69) is 91.0 Å². The summed E-state index contributed by atoms with van der Waals surface area (Å²) in [6.07, 6.45) is 0. The molecule has 0 amide bonds. The Morgan fingerprint density at radius 1 is 0.405 bits per heavy atom. The molecule has 6 aromatic rings. The molecule has 0 unspecified atom stereocenters. The van der Waals surface area contributed by atoms with Crippen LogP contribution in [-0.4, -0.2) is 5.11 Å². The van der Waals surface area contributed by atoms with Crippen LogP contribution in [0, 0.1) is 22.3 Å². The number of hydrogen-bond donors (Lipinski definition) is 1. The van der Waals surface area contributed by atoms with Crippen LogP contribution in [0.25, 0.3) is 54.9 Å². The second-order valence-corrected chi connectivity index (χ2v) is 8.33. The first-order valence-corrected chi connectivity index (χ1v) is 11.2. The van der Waals surface area contributed by atoms with E-state index in [0.29, 0.717) is 5.75 Å². The molecule has 6 rings (SSSR count). The van der Waals surface area contributed by atoms with Gasteiger partial charge >= 0.3 is 21.7 Å². The first-order chi connectivity index (χ1) is 16.3. The Labute approximate surface area is 236 Å². The van der Waals surface area contributed by atoms with Gasteiger partial charge in [0.25, 0.3) is 0 Å². The Morgan fingerprint density at radius 2 is 1.00 bits per heavy atom. The summed E-state index contributed by atoms with van der Waals surface area (Å²) < 4.78 is 0. The Morgan fingerprint density at radius 3 is 1.70 bits per heavy atom. The predicted molar refractivity (Wildman–Crippen MR) is 159 cm³/mol. The molecule has 0 saturated heterocycles. The van der Waals surface area contributed by atoms with Crippen molar-refractivity contribution in [1.82, 2.24) is 0 Å². The van der Waals surface area contributed by atoms with Crippen molar-refractivity contribution in [2.24, 2.45) is 0 Å². The fourth-order valence-electron chi connectivity index (χ4n) is 4.79. The van der Waals surface area contributed by atoms with Crippen molar-refractivity contribution in [2.45, 2.75) is 0 Å². The molecular formula is C35H31OTi. The third-order valence-corrected chi connectivity index (χ3v) is 6.38. The van der Waals surface area contributed by atoms with E-state index in [1.54, 1.807) is 6.07 Å². The van der Waals surface area contributed by atoms with Crippen molar-refractivity contribution in [1.29, 1.82) is 0 Å². The zero-order valence-corrected chi connectivity index (χ0v) is 23.1. The topological polar surface area (TPSA) is 20.2 Å². The summed E-state index contributed by atoms with van der Waals surface area (Å²) in [4.78, 5) is 0. The molecule has 1 radical (unpaired) electrons. The van der Waals surface area contributed by atoms with Crippen LogP contribution >= 0.6 is 0 Å². The van der Waals surface area contributed by atoms with Crippen LogP contribution in [0.1, 0.15) is 0 Å². The summed E-state index contributed by atoms with van der Waals surface area (Å²) in [5.41, 5.74) is 6.66. The molecule has 37 heavy (non-hydrogen) atoms. The summed E-state index contributed by atoms with van der Waals surface area (Å²) in [5.74, 6) is 0.301. The Balaban J connectivity index is 0.00000120. The molecule has 1 N–H and O–H groups in total. The van der Waals surface area contributed by atoms with E-state index in [0.717, 1.165) is 27.3 Å². The quantitative estimate of drug-likeness (QED) is 0.184. The van der Waals surface area contributed by atoms with E-state index in [1.165, 1.54) is 27.6 Å². The number of phenols is 1. The van der Waals surface area contributed by atoms with Crippen LogP contribution < -0.4 is 0 Å². The van der Waals surface area contributed by atoms with Gasteiger partial charge in [0.2, 0.25) is 0 Å². The molecule has 0 bridgehead atoms. The van der Waals surface area contributed by atoms with E-state index < -0.39 is 0 Å². The molecule has 0 aromatic heterocycles. The van der Waals surface area contributed by atoms with Crippen molar-refractivity contribution < 1.29 is 26.8 Å². The second kappa shape index (κ2) is 12.5. The van der Waals surface area contributed by atoms with Crippen molar-refractivity contribution >= 4 is 21.5 Å². The first kappa shape index (κ1) is 29.6. The van der Waals surface area contributed by atoms with Gasteiger partial charge in [-0.1, -0.05) is 115 Å². The largest absolute Gasteiger partial charge is 3.00 e. The number of phenolic OH excluding ortho intramolecular Hbond substituents is 1. The normalized spacial score (nSPS) is 9.95. The predicted octanol–water partition coefficient (Wildman–Crippen LogP) is 10.0. The number of fused-ring (bicyclic) bond motifs is 2. The molecule has 0 saturated carbocycles. The van der Waals surface area contributed by atoms with Crippen molar-refractivity contribution in [3.63, 3.8) is 0 Å². The smallest absolute Gasteiger partial charge is 0.507 e. The summed E-state index contributed by atoms with van der Waals surface area (Å²) in [6, 6.07) is 44.0. The maximum absolute atomic E-state index is 10.9. The van der Waals surface area contributed by atoms with E-state index in [9.17, 15) is 5.11 Å². The molecule has 6 aromatic carbocycles. The summed E-state index contributed by atoms with van der Waals surface area (Å²) in [7, 11) is 0. The second-order valence-electron chi connectivity index (χ2n) is 8.33. The summed E-state index contributed by atoms with van der Waals surface area (Å²) in [6.45, 7) is 0. The molecule has 0 heterocycles. The molecule has 0 atom stereocenters. The third-order valence-electron chi connectivity index (χ3n) is 6.38. The number of hydrogen-bond acceptors (Lipinski definition) is 1. The number of rotatable bonds is 3. The molecule has 0 aliphatic carbocycles. The van der Waals surface area contributed by atoms with Crippen LogP contribution in [0.4, 0.5) is 0 Å². The van der Waals surface area contributed by atoms with Crippen molar-refractivity contribution in [2.75, 3.05) is 0 Å². The van der Waals surface area contributed by atoms with Crippen LogP contribution in [0.5, 0.6) is 5.75 Å². The molecular weight excluding hydrogens is 484 g/mol. The van der Waals surface area contributed by atoms with E-state index >= 15 is 0 Å². The van der Waals surface area contributed by atoms with Crippen LogP contribution in [-0.2, 0) is 21.7 Å². The summed E-state index contributed by atoms with van der Waals surface area (Å²) >= 11 is 0. The third kappa shape index (κ3) is 5.39. The van der Waals surface area contributed by atoms with Crippen molar-refractivity contribution in [3.05, 3.63) is 150 Å². The maximum atomic E-state index is 10.9. The monoisotopic (exact) mass is 515 g/mol. The minimum atomic E-state index is 0. The van der Waals surface area contributed by atoms with Crippen LogP contribution in [0.15, 0.2) is 127 Å². The van der Waals surface area contributed by atoms with Gasteiger partial charge in [0, 0.05) is 5.56 Å². The molecule has 1 nitrogen and oxygen atoms in total. The van der Waals surface area contributed by atoms with E-state index in [1.807, 2.05) is 30.3 Å². The van der Waals surface area contributed by atoms with Gasteiger partial charge in [0.15, 0.2) is 0 Å². The van der Waals surface area contributed by atoms with Gasteiger partial charge in [0.1, 0.15) is 5.75 Å². The van der Waals surface area contributed by atoms with Crippen LogP contribution in [0.2, 0.25) is 0 Å². The number of aromatic hydroxyl groups is 1. The van der Waals surface area contributed by atoms with Gasteiger partial charge in [-0.05, 0) is 61.5 Å². The summed E-state index contributed by atoms with van der Waals surface area (Å²) in [5, 5.41) is 15.4. The zero-order chi connectivity index (χ0) is 22.2. The average molecular weight is 515 g/mol. The molecule has 181 valence electrons. The van der Waals surface area contributed by atoms with Gasteiger partial charge in [0.05, 0.1) is 0 Å². The molecule has 0 fully saturated rings. The van der Waals surface area contributed by atoms with Gasteiger partial charge in [-0.2, -0.15) is 0 Å². The Bertz CT molecular complexity index is 1610. The van der Waals surface area contributed by atoms with Gasteiger partial charge in [-0.3, -0.25) is 0 Å². The van der Waals surface area contributed by atoms with Gasteiger partial charge in [-0.25, -0.2) is 0 Å². The van der Waals surface area contributed by atoms with E-state index in [-0.39, 0.29) is 44.0 Å². The molecule has 0 aliphatic heterocycles. The molecule has 2 heteroatoms. The Hall–Kier alpha value is -3.65. The Kier molecular flexibility index (Phi) is 10.0. The van der Waals surface area contributed by atoms with Crippen molar-refractivity contribution in [3.8, 4) is 39.1 Å². The fraction of sp³-hybridized carbons (Fsp3) is 0. The molecule has 0 spiro atoms. The number of benzene rings is 6. The molecule has 0 aliphatic rings. The minimum absolute atomic E-state index is 0. The minimum Gasteiger partial charge on any atom is -0.507 e. The van der Waals surface area contributed by atoms with Gasteiger partial charge < -0.3 is 27.4 Å². The standard InChI is InChI=1S/C32H22O.3CH3.Ti/c33-31-20-16-24-13-7-8-14-27(24)32(31)29-19-18-26(23-11-5-2-6-12-23)30-21-25(15-17-28(29)30)22-9-3-1-4-10-22;;;;/h1-21,33H;3*1H3;/q;3*-1;+3. The SMILES string of the molecule is Oc1ccc2ccccc2c1-c1ccc(-c2ccccc2)c2cc(-c3ccccc3)ccc12.[CH3-].[CH3-].[CH3-].[Ti+3]. The van der Waals surface area contributed by atoms with Gasteiger partial charge in [-0.15, -0.1) is 0 Å². The zero-order valence-electron chi connectivity index (χ0n) is 21.6. The first-order valence-electron chi connectivity index (χ1n) is 11.2. The van der Waals surface area contributed by atoms with E-state index in [4.69, 9.17) is 0 Å². The fourth-order valence-corrected chi connectivity index (χ4v) is 4.79.